The Labute approximate surface area is 114 Å². The zero-order chi connectivity index (χ0) is 14.1. The number of amides is 1. The highest BCUT2D eigenvalue weighted by Gasteiger charge is 2.07. The molecule has 1 amide bonds. The summed E-state index contributed by atoms with van der Waals surface area (Å²) >= 11 is 0. The topological polar surface area (TPSA) is 76.1 Å². The predicted molar refractivity (Wildman–Crippen MR) is 74.2 cm³/mol. The molecule has 0 aliphatic carbocycles. The third-order valence-corrected chi connectivity index (χ3v) is 2.39. The SMILES string of the molecule is COCCCNC(=O)c1cnc(NCC(C)C)cn1. The summed E-state index contributed by atoms with van der Waals surface area (Å²) in [5, 5.41) is 5.91. The second kappa shape index (κ2) is 8.42. The van der Waals surface area contributed by atoms with Crippen LogP contribution in [-0.2, 0) is 4.74 Å². The molecule has 0 aromatic carbocycles. The van der Waals surface area contributed by atoms with Crippen LogP contribution in [0.15, 0.2) is 12.4 Å². The first-order valence-electron chi connectivity index (χ1n) is 6.46. The molecule has 0 spiro atoms. The van der Waals surface area contributed by atoms with Crippen LogP contribution in [0.5, 0.6) is 0 Å². The van der Waals surface area contributed by atoms with E-state index < -0.39 is 0 Å². The van der Waals surface area contributed by atoms with Gasteiger partial charge in [-0.15, -0.1) is 0 Å². The molecule has 6 nitrogen and oxygen atoms in total. The van der Waals surface area contributed by atoms with Gasteiger partial charge in [-0.3, -0.25) is 4.79 Å². The van der Waals surface area contributed by atoms with Crippen molar-refractivity contribution >= 4 is 11.7 Å². The van der Waals surface area contributed by atoms with Crippen molar-refractivity contribution in [2.45, 2.75) is 20.3 Å². The Morgan fingerprint density at radius 2 is 2.16 bits per heavy atom. The van der Waals surface area contributed by atoms with Gasteiger partial charge in [-0.05, 0) is 12.3 Å². The van der Waals surface area contributed by atoms with Gasteiger partial charge in [-0.25, -0.2) is 9.97 Å². The van der Waals surface area contributed by atoms with Crippen molar-refractivity contribution in [2.24, 2.45) is 5.92 Å². The van der Waals surface area contributed by atoms with Crippen LogP contribution in [0.1, 0.15) is 30.8 Å². The molecular formula is C13H22N4O2. The highest BCUT2D eigenvalue weighted by atomic mass is 16.5. The van der Waals surface area contributed by atoms with Crippen molar-refractivity contribution in [1.29, 1.82) is 0 Å². The summed E-state index contributed by atoms with van der Waals surface area (Å²) < 4.78 is 4.90. The van der Waals surface area contributed by atoms with Crippen molar-refractivity contribution < 1.29 is 9.53 Å². The number of ether oxygens (including phenoxy) is 1. The minimum Gasteiger partial charge on any atom is -0.385 e. The van der Waals surface area contributed by atoms with Crippen LogP contribution in [0.2, 0.25) is 0 Å². The zero-order valence-electron chi connectivity index (χ0n) is 11.8. The van der Waals surface area contributed by atoms with Crippen LogP contribution < -0.4 is 10.6 Å². The van der Waals surface area contributed by atoms with Crippen LogP contribution in [0.25, 0.3) is 0 Å². The number of carbonyl (C=O) groups excluding carboxylic acids is 1. The Hall–Kier alpha value is -1.69. The quantitative estimate of drug-likeness (QED) is 0.694. The Morgan fingerprint density at radius 3 is 2.74 bits per heavy atom. The summed E-state index contributed by atoms with van der Waals surface area (Å²) in [6.07, 6.45) is 3.84. The first-order chi connectivity index (χ1) is 9.13. The number of hydrogen-bond acceptors (Lipinski definition) is 5. The number of carbonyl (C=O) groups is 1. The number of anilines is 1. The summed E-state index contributed by atoms with van der Waals surface area (Å²) in [6, 6.07) is 0. The van der Waals surface area contributed by atoms with Crippen molar-refractivity contribution in [2.75, 3.05) is 32.1 Å². The first kappa shape index (κ1) is 15.4. The third-order valence-electron chi connectivity index (χ3n) is 2.39. The van der Waals surface area contributed by atoms with Gasteiger partial charge in [-0.1, -0.05) is 13.8 Å². The molecule has 0 saturated heterocycles. The summed E-state index contributed by atoms with van der Waals surface area (Å²) in [4.78, 5) is 20.0. The fourth-order valence-corrected chi connectivity index (χ4v) is 1.35. The molecule has 0 aliphatic rings. The molecule has 106 valence electrons. The molecule has 19 heavy (non-hydrogen) atoms. The molecule has 1 aromatic rings. The highest BCUT2D eigenvalue weighted by molar-refractivity contribution is 5.91. The summed E-state index contributed by atoms with van der Waals surface area (Å²) in [5.74, 6) is 1.01. The predicted octanol–water partition coefficient (Wildman–Crippen LogP) is 1.31. The van der Waals surface area contributed by atoms with E-state index in [0.29, 0.717) is 30.6 Å². The van der Waals surface area contributed by atoms with E-state index in [4.69, 9.17) is 4.74 Å². The Bertz CT molecular complexity index is 379. The monoisotopic (exact) mass is 266 g/mol. The molecular weight excluding hydrogens is 244 g/mol. The Balaban J connectivity index is 2.40. The Morgan fingerprint density at radius 1 is 1.37 bits per heavy atom. The smallest absolute Gasteiger partial charge is 0.271 e. The van der Waals surface area contributed by atoms with Crippen molar-refractivity contribution in [3.63, 3.8) is 0 Å². The maximum Gasteiger partial charge on any atom is 0.271 e. The largest absolute Gasteiger partial charge is 0.385 e. The summed E-state index contributed by atoms with van der Waals surface area (Å²) in [7, 11) is 1.64. The van der Waals surface area contributed by atoms with Gasteiger partial charge in [0.15, 0.2) is 0 Å². The van der Waals surface area contributed by atoms with E-state index in [1.807, 2.05) is 0 Å². The highest BCUT2D eigenvalue weighted by Crippen LogP contribution is 2.02. The molecule has 1 rings (SSSR count). The molecule has 0 unspecified atom stereocenters. The number of nitrogens with one attached hydrogen (secondary N) is 2. The maximum atomic E-state index is 11.7. The van der Waals surface area contributed by atoms with Gasteiger partial charge in [0, 0.05) is 26.8 Å². The van der Waals surface area contributed by atoms with Gasteiger partial charge >= 0.3 is 0 Å². The van der Waals surface area contributed by atoms with E-state index in [0.717, 1.165) is 13.0 Å². The van der Waals surface area contributed by atoms with Gasteiger partial charge in [0.25, 0.3) is 5.91 Å². The van der Waals surface area contributed by atoms with Crippen molar-refractivity contribution in [1.82, 2.24) is 15.3 Å². The second-order valence-electron chi connectivity index (χ2n) is 4.66. The average molecular weight is 266 g/mol. The van der Waals surface area contributed by atoms with Gasteiger partial charge in [0.1, 0.15) is 11.5 Å². The standard InChI is InChI=1S/C13H22N4O2/c1-10(2)7-16-12-9-15-11(8-17-12)13(18)14-5-4-6-19-3/h8-10H,4-7H2,1-3H3,(H,14,18)(H,16,17). The zero-order valence-corrected chi connectivity index (χ0v) is 11.8. The van der Waals surface area contributed by atoms with E-state index in [-0.39, 0.29) is 5.91 Å². The van der Waals surface area contributed by atoms with Gasteiger partial charge < -0.3 is 15.4 Å². The second-order valence-corrected chi connectivity index (χ2v) is 4.66. The van der Waals surface area contributed by atoms with E-state index in [1.165, 1.54) is 6.20 Å². The van der Waals surface area contributed by atoms with Crippen molar-refractivity contribution in [3.8, 4) is 0 Å². The van der Waals surface area contributed by atoms with Crippen molar-refractivity contribution in [3.05, 3.63) is 18.1 Å². The fraction of sp³-hybridized carbons (Fsp3) is 0.615. The van der Waals surface area contributed by atoms with Gasteiger partial charge in [0.05, 0.1) is 12.4 Å². The van der Waals surface area contributed by atoms with Crippen LogP contribution in [0.4, 0.5) is 5.82 Å². The van der Waals surface area contributed by atoms with Gasteiger partial charge in [0.2, 0.25) is 0 Å². The number of nitrogens with zero attached hydrogens (tertiary/aromatic N) is 2. The van der Waals surface area contributed by atoms with E-state index >= 15 is 0 Å². The lowest BCUT2D eigenvalue weighted by molar-refractivity contribution is 0.0943. The van der Waals surface area contributed by atoms with E-state index in [2.05, 4.69) is 34.4 Å². The lowest BCUT2D eigenvalue weighted by Crippen LogP contribution is -2.26. The van der Waals surface area contributed by atoms with Gasteiger partial charge in [-0.2, -0.15) is 0 Å². The fourth-order valence-electron chi connectivity index (χ4n) is 1.35. The number of hydrogen-bond donors (Lipinski definition) is 2. The molecule has 0 atom stereocenters. The van der Waals surface area contributed by atoms with Crippen LogP contribution in [0, 0.1) is 5.92 Å². The molecule has 1 aromatic heterocycles. The molecule has 0 bridgehead atoms. The maximum absolute atomic E-state index is 11.7. The molecule has 0 radical (unpaired) electrons. The lowest BCUT2D eigenvalue weighted by Gasteiger charge is -2.08. The molecule has 0 aliphatic heterocycles. The van der Waals surface area contributed by atoms with Crippen LogP contribution in [-0.4, -0.2) is 42.7 Å². The summed E-state index contributed by atoms with van der Waals surface area (Å²) in [5.41, 5.74) is 0.326. The molecule has 2 N–H and O–H groups in total. The normalized spacial score (nSPS) is 10.5. The molecule has 0 saturated carbocycles. The number of methoxy groups -OCH3 is 1. The minimum atomic E-state index is -0.209. The van der Waals surface area contributed by atoms with Crippen LogP contribution in [0.3, 0.4) is 0 Å². The average Bonchev–Trinajstić information content (AvgIpc) is 2.41. The molecule has 6 heteroatoms. The third kappa shape index (κ3) is 6.15. The Kier molecular flexibility index (Phi) is 6.81. The van der Waals surface area contributed by atoms with Crippen LogP contribution >= 0.6 is 0 Å². The molecule has 0 fully saturated rings. The van der Waals surface area contributed by atoms with E-state index in [9.17, 15) is 4.79 Å². The number of aromatic nitrogens is 2. The number of rotatable bonds is 8. The summed E-state index contributed by atoms with van der Waals surface area (Å²) in [6.45, 7) is 6.26. The lowest BCUT2D eigenvalue weighted by atomic mass is 10.2. The first-order valence-corrected chi connectivity index (χ1v) is 6.46. The minimum absolute atomic E-state index is 0.209. The molecule has 1 heterocycles. The van der Waals surface area contributed by atoms with E-state index in [1.54, 1.807) is 13.3 Å².